The zero-order chi connectivity index (χ0) is 28.3. The maximum absolute atomic E-state index is 6.75. The second-order valence-corrected chi connectivity index (χ2v) is 13.0. The van der Waals surface area contributed by atoms with Crippen LogP contribution in [-0.2, 0) is 5.41 Å². The van der Waals surface area contributed by atoms with Crippen molar-refractivity contribution >= 4 is 6.08 Å². The van der Waals surface area contributed by atoms with E-state index < -0.39 is 0 Å². The molecule has 0 bridgehead atoms. The molecule has 0 spiro atoms. The summed E-state index contributed by atoms with van der Waals surface area (Å²) in [5.41, 5.74) is 5.04. The van der Waals surface area contributed by atoms with Crippen LogP contribution in [0.25, 0.3) is 17.2 Å². The van der Waals surface area contributed by atoms with Gasteiger partial charge in [0.1, 0.15) is 11.5 Å². The van der Waals surface area contributed by atoms with Crippen LogP contribution in [0.4, 0.5) is 0 Å². The third-order valence-corrected chi connectivity index (χ3v) is 7.19. The molecule has 2 atom stereocenters. The van der Waals surface area contributed by atoms with Crippen molar-refractivity contribution in [1.82, 2.24) is 0 Å². The second-order valence-electron chi connectivity index (χ2n) is 13.0. The van der Waals surface area contributed by atoms with Gasteiger partial charge in [-0.15, -0.1) is 0 Å². The van der Waals surface area contributed by atoms with Crippen LogP contribution < -0.4 is 9.47 Å². The predicted molar refractivity (Wildman–Crippen MR) is 168 cm³/mol. The number of allylic oxidation sites excluding steroid dienone is 1. The normalized spacial score (nSPS) is 14.1. The lowest BCUT2D eigenvalue weighted by molar-refractivity contribution is 0.178. The van der Waals surface area contributed by atoms with Crippen LogP contribution in [0, 0.1) is 5.41 Å². The van der Waals surface area contributed by atoms with Gasteiger partial charge >= 0.3 is 0 Å². The molecule has 2 unspecified atom stereocenters. The van der Waals surface area contributed by atoms with Gasteiger partial charge in [-0.2, -0.15) is 0 Å². The SMILES string of the molecule is CCCCC(CC)Oc1ccc(OC(CC)CCCC)c(-c2cc(C(C)(C)C)ccc2/C=C/C(C)(C)C)c1. The van der Waals surface area contributed by atoms with E-state index in [0.717, 1.165) is 42.7 Å². The molecule has 0 N–H and O–H groups in total. The number of rotatable bonds is 14. The van der Waals surface area contributed by atoms with E-state index in [2.05, 4.69) is 118 Å². The van der Waals surface area contributed by atoms with E-state index in [-0.39, 0.29) is 23.0 Å². The fourth-order valence-electron chi connectivity index (χ4n) is 4.57. The largest absolute Gasteiger partial charge is 0.490 e. The Kier molecular flexibility index (Phi) is 12.5. The van der Waals surface area contributed by atoms with E-state index in [0.29, 0.717) is 0 Å². The molecular formula is C36H56O2. The maximum atomic E-state index is 6.75. The summed E-state index contributed by atoms with van der Waals surface area (Å²) in [5, 5.41) is 0. The molecule has 0 radical (unpaired) electrons. The number of ether oxygens (including phenoxy) is 2. The average molecular weight is 521 g/mol. The first-order chi connectivity index (χ1) is 17.9. The Labute approximate surface area is 235 Å². The highest BCUT2D eigenvalue weighted by Crippen LogP contribution is 2.40. The molecule has 0 amide bonds. The predicted octanol–water partition coefficient (Wildman–Crippen LogP) is 11.4. The minimum Gasteiger partial charge on any atom is -0.490 e. The van der Waals surface area contributed by atoms with Crippen LogP contribution in [0.1, 0.15) is 132 Å². The molecule has 2 heteroatoms. The summed E-state index contributed by atoms with van der Waals surface area (Å²) in [7, 11) is 0. The third-order valence-electron chi connectivity index (χ3n) is 7.19. The standard InChI is InChI=1S/C36H56O2/c1-11-15-17-29(13-3)37-31-21-22-34(38-30(14-4)18-16-12-2)33(26-31)32-25-28(36(8,9)10)20-19-27(32)23-24-35(5,6)7/h19-26,29-30H,11-18H2,1-10H3/b24-23+. The minimum absolute atomic E-state index is 0.0523. The lowest BCUT2D eigenvalue weighted by Gasteiger charge is -2.25. The van der Waals surface area contributed by atoms with Crippen LogP contribution in [0.5, 0.6) is 11.5 Å². The lowest BCUT2D eigenvalue weighted by atomic mass is 9.83. The first-order valence-electron chi connectivity index (χ1n) is 15.2. The summed E-state index contributed by atoms with van der Waals surface area (Å²) in [4.78, 5) is 0. The fraction of sp³-hybridized carbons (Fsp3) is 0.611. The molecule has 0 heterocycles. The summed E-state index contributed by atoms with van der Waals surface area (Å²) in [6.07, 6.45) is 14.0. The van der Waals surface area contributed by atoms with Gasteiger partial charge in [-0.05, 0) is 77.5 Å². The molecule has 0 saturated heterocycles. The van der Waals surface area contributed by atoms with Crippen molar-refractivity contribution in [2.24, 2.45) is 5.41 Å². The molecule has 2 nitrogen and oxygen atoms in total. The zero-order valence-electron chi connectivity index (χ0n) is 26.2. The van der Waals surface area contributed by atoms with Gasteiger partial charge in [0.15, 0.2) is 0 Å². The number of hydrogen-bond acceptors (Lipinski definition) is 2. The molecule has 0 aliphatic rings. The summed E-state index contributed by atoms with van der Waals surface area (Å²) in [5.74, 6) is 1.89. The van der Waals surface area contributed by atoms with Gasteiger partial charge in [0.25, 0.3) is 0 Å². The van der Waals surface area contributed by atoms with E-state index in [1.54, 1.807) is 0 Å². The van der Waals surface area contributed by atoms with Crippen LogP contribution in [0.15, 0.2) is 42.5 Å². The van der Waals surface area contributed by atoms with Crippen LogP contribution in [0.2, 0.25) is 0 Å². The van der Waals surface area contributed by atoms with Crippen molar-refractivity contribution < 1.29 is 9.47 Å². The van der Waals surface area contributed by atoms with E-state index >= 15 is 0 Å². The maximum Gasteiger partial charge on any atom is 0.127 e. The van der Waals surface area contributed by atoms with E-state index in [1.165, 1.54) is 42.4 Å². The fourth-order valence-corrected chi connectivity index (χ4v) is 4.57. The van der Waals surface area contributed by atoms with Gasteiger partial charge in [-0.25, -0.2) is 0 Å². The van der Waals surface area contributed by atoms with Crippen molar-refractivity contribution in [3.63, 3.8) is 0 Å². The molecule has 0 fully saturated rings. The van der Waals surface area contributed by atoms with Crippen LogP contribution in [-0.4, -0.2) is 12.2 Å². The topological polar surface area (TPSA) is 18.5 Å². The molecule has 2 rings (SSSR count). The van der Waals surface area contributed by atoms with Gasteiger partial charge in [0.05, 0.1) is 12.2 Å². The van der Waals surface area contributed by atoms with Crippen molar-refractivity contribution in [2.75, 3.05) is 0 Å². The molecule has 38 heavy (non-hydrogen) atoms. The minimum atomic E-state index is 0.0523. The smallest absolute Gasteiger partial charge is 0.127 e. The highest BCUT2D eigenvalue weighted by atomic mass is 16.5. The first kappa shape index (κ1) is 32.0. The Bertz CT molecular complexity index is 1000. The molecule has 0 aromatic heterocycles. The van der Waals surface area contributed by atoms with Gasteiger partial charge < -0.3 is 9.47 Å². The van der Waals surface area contributed by atoms with Crippen LogP contribution in [0.3, 0.4) is 0 Å². The molecular weight excluding hydrogens is 464 g/mol. The Balaban J connectivity index is 2.69. The van der Waals surface area contributed by atoms with E-state index in [1.807, 2.05) is 0 Å². The number of hydrogen-bond donors (Lipinski definition) is 0. The van der Waals surface area contributed by atoms with E-state index in [4.69, 9.17) is 9.47 Å². The molecule has 2 aromatic rings. The Morgan fingerprint density at radius 1 is 0.711 bits per heavy atom. The highest BCUT2D eigenvalue weighted by molar-refractivity contribution is 5.81. The van der Waals surface area contributed by atoms with Gasteiger partial charge in [-0.3, -0.25) is 0 Å². The summed E-state index contributed by atoms with van der Waals surface area (Å²) in [6.45, 7) is 22.5. The van der Waals surface area contributed by atoms with E-state index in [9.17, 15) is 0 Å². The zero-order valence-corrected chi connectivity index (χ0v) is 26.2. The van der Waals surface area contributed by atoms with Gasteiger partial charge in [-0.1, -0.05) is 119 Å². The third kappa shape index (κ3) is 10.2. The lowest BCUT2D eigenvalue weighted by Crippen LogP contribution is -2.17. The Morgan fingerprint density at radius 3 is 1.84 bits per heavy atom. The Hall–Kier alpha value is -2.22. The van der Waals surface area contributed by atoms with Crippen molar-refractivity contribution in [2.45, 2.75) is 138 Å². The summed E-state index contributed by atoms with van der Waals surface area (Å²) in [6, 6.07) is 13.4. The second kappa shape index (κ2) is 14.8. The van der Waals surface area contributed by atoms with Gasteiger partial charge in [0, 0.05) is 5.56 Å². The summed E-state index contributed by atoms with van der Waals surface area (Å²) < 4.78 is 13.3. The van der Waals surface area contributed by atoms with Gasteiger partial charge in [0.2, 0.25) is 0 Å². The van der Waals surface area contributed by atoms with Crippen molar-refractivity contribution in [3.8, 4) is 22.6 Å². The van der Waals surface area contributed by atoms with Crippen LogP contribution >= 0.6 is 0 Å². The van der Waals surface area contributed by atoms with Crippen molar-refractivity contribution in [3.05, 3.63) is 53.6 Å². The van der Waals surface area contributed by atoms with Crippen molar-refractivity contribution in [1.29, 1.82) is 0 Å². The monoisotopic (exact) mass is 520 g/mol. The molecule has 212 valence electrons. The number of unbranched alkanes of at least 4 members (excludes halogenated alkanes) is 2. The molecule has 0 aliphatic heterocycles. The first-order valence-corrected chi connectivity index (χ1v) is 15.2. The Morgan fingerprint density at radius 2 is 1.32 bits per heavy atom. The summed E-state index contributed by atoms with van der Waals surface area (Å²) >= 11 is 0. The average Bonchev–Trinajstić information content (AvgIpc) is 2.87. The number of benzene rings is 2. The molecule has 0 aliphatic carbocycles. The highest BCUT2D eigenvalue weighted by Gasteiger charge is 2.20. The quantitative estimate of drug-likeness (QED) is 0.246. The molecule has 0 saturated carbocycles. The molecule has 2 aromatic carbocycles.